The minimum atomic E-state index is 0.896. The number of hydrogen-bond donors (Lipinski definition) is 0. The van der Waals surface area contributed by atoms with Crippen LogP contribution in [0.4, 0.5) is 17.1 Å². The molecule has 66 heavy (non-hydrogen) atoms. The second-order valence-corrected chi connectivity index (χ2v) is 17.2. The van der Waals surface area contributed by atoms with Gasteiger partial charge in [0.1, 0.15) is 11.2 Å². The summed E-state index contributed by atoms with van der Waals surface area (Å²) in [7, 11) is 0. The molecule has 0 bridgehead atoms. The standard InChI is InChI=1S/C64H41NO/c1-3-17-43(18-4-1)62-57-29-12-10-26-53(57)54-38-35-45(40-59(54)63(62)44-19-5-2-6-20-44)42-33-36-48(37-34-42)65(60-41-47-21-7-8-24-50(47)52-25-9-11-27-55(52)60)49-23-15-22-46(39-49)51-30-16-31-58-56-28-13-14-32-61(56)66-64(51)58/h1-41H. The van der Waals surface area contributed by atoms with E-state index in [4.69, 9.17) is 4.42 Å². The predicted octanol–water partition coefficient (Wildman–Crippen LogP) is 18.3. The van der Waals surface area contributed by atoms with E-state index in [2.05, 4.69) is 248 Å². The molecule has 0 radical (unpaired) electrons. The van der Waals surface area contributed by atoms with E-state index in [0.29, 0.717) is 0 Å². The van der Waals surface area contributed by atoms with E-state index in [1.807, 2.05) is 6.07 Å². The first-order chi connectivity index (χ1) is 32.7. The third-order valence-corrected chi connectivity index (χ3v) is 13.4. The molecule has 0 aliphatic heterocycles. The van der Waals surface area contributed by atoms with E-state index in [0.717, 1.165) is 55.7 Å². The van der Waals surface area contributed by atoms with Crippen LogP contribution in [0, 0.1) is 0 Å². The first-order valence-corrected chi connectivity index (χ1v) is 22.7. The minimum absolute atomic E-state index is 0.896. The van der Waals surface area contributed by atoms with Gasteiger partial charge < -0.3 is 9.32 Å². The van der Waals surface area contributed by atoms with Crippen LogP contribution >= 0.6 is 0 Å². The molecule has 0 unspecified atom stereocenters. The molecule has 0 saturated carbocycles. The van der Waals surface area contributed by atoms with E-state index >= 15 is 0 Å². The summed E-state index contributed by atoms with van der Waals surface area (Å²) in [5, 5.41) is 12.1. The second-order valence-electron chi connectivity index (χ2n) is 17.2. The topological polar surface area (TPSA) is 16.4 Å². The Bertz CT molecular complexity index is 3980. The zero-order valence-electron chi connectivity index (χ0n) is 36.0. The van der Waals surface area contributed by atoms with Gasteiger partial charge in [0.15, 0.2) is 0 Å². The van der Waals surface area contributed by atoms with Gasteiger partial charge >= 0.3 is 0 Å². The van der Waals surface area contributed by atoms with E-state index < -0.39 is 0 Å². The van der Waals surface area contributed by atoms with Crippen LogP contribution in [-0.2, 0) is 0 Å². The van der Waals surface area contributed by atoms with Crippen LogP contribution in [0.2, 0.25) is 0 Å². The maximum atomic E-state index is 6.56. The largest absolute Gasteiger partial charge is 0.455 e. The van der Waals surface area contributed by atoms with E-state index in [1.165, 1.54) is 70.9 Å². The van der Waals surface area contributed by atoms with Crippen LogP contribution < -0.4 is 4.90 Å². The van der Waals surface area contributed by atoms with Gasteiger partial charge in [-0.3, -0.25) is 0 Å². The summed E-state index contributed by atoms with van der Waals surface area (Å²) in [5.74, 6) is 0. The van der Waals surface area contributed by atoms with Crippen molar-refractivity contribution in [3.8, 4) is 44.5 Å². The van der Waals surface area contributed by atoms with Gasteiger partial charge in [-0.25, -0.2) is 0 Å². The Morgan fingerprint density at radius 1 is 0.273 bits per heavy atom. The predicted molar refractivity (Wildman–Crippen MR) is 280 cm³/mol. The van der Waals surface area contributed by atoms with Crippen molar-refractivity contribution < 1.29 is 4.42 Å². The van der Waals surface area contributed by atoms with Gasteiger partial charge in [-0.1, -0.05) is 206 Å². The fourth-order valence-corrected chi connectivity index (χ4v) is 10.4. The molecule has 0 amide bonds. The first-order valence-electron chi connectivity index (χ1n) is 22.7. The molecule has 1 heterocycles. The number of furan rings is 1. The third-order valence-electron chi connectivity index (χ3n) is 13.4. The van der Waals surface area contributed by atoms with Crippen LogP contribution in [0.3, 0.4) is 0 Å². The maximum Gasteiger partial charge on any atom is 0.143 e. The zero-order chi connectivity index (χ0) is 43.6. The Kier molecular flexibility index (Phi) is 8.89. The highest BCUT2D eigenvalue weighted by Crippen LogP contribution is 2.47. The first kappa shape index (κ1) is 37.8. The highest BCUT2D eigenvalue weighted by molar-refractivity contribution is 6.22. The molecular weight excluding hydrogens is 799 g/mol. The summed E-state index contributed by atoms with van der Waals surface area (Å²) in [4.78, 5) is 2.42. The molecule has 13 aromatic rings. The summed E-state index contributed by atoms with van der Waals surface area (Å²) in [6.07, 6.45) is 0. The number of para-hydroxylation sites is 2. The number of fused-ring (bicyclic) bond motifs is 9. The van der Waals surface area contributed by atoms with E-state index in [1.54, 1.807) is 0 Å². The lowest BCUT2D eigenvalue weighted by Crippen LogP contribution is -2.10. The summed E-state index contributed by atoms with van der Waals surface area (Å²) in [6.45, 7) is 0. The fourth-order valence-electron chi connectivity index (χ4n) is 10.4. The number of anilines is 3. The van der Waals surface area contributed by atoms with Crippen molar-refractivity contribution in [2.24, 2.45) is 0 Å². The summed E-state index contributed by atoms with van der Waals surface area (Å²) in [6, 6.07) is 90.3. The minimum Gasteiger partial charge on any atom is -0.455 e. The maximum absolute atomic E-state index is 6.56. The Morgan fingerprint density at radius 2 is 0.818 bits per heavy atom. The van der Waals surface area contributed by atoms with Gasteiger partial charge in [0, 0.05) is 33.1 Å². The van der Waals surface area contributed by atoms with E-state index in [9.17, 15) is 0 Å². The van der Waals surface area contributed by atoms with Crippen LogP contribution in [0.1, 0.15) is 0 Å². The van der Waals surface area contributed by atoms with Crippen molar-refractivity contribution in [3.05, 3.63) is 249 Å². The lowest BCUT2D eigenvalue weighted by Gasteiger charge is -2.28. The van der Waals surface area contributed by atoms with Gasteiger partial charge in [0.25, 0.3) is 0 Å². The van der Waals surface area contributed by atoms with Crippen molar-refractivity contribution in [3.63, 3.8) is 0 Å². The van der Waals surface area contributed by atoms with Crippen LogP contribution in [0.5, 0.6) is 0 Å². The Hall–Kier alpha value is -8.72. The molecule has 2 nitrogen and oxygen atoms in total. The van der Waals surface area contributed by atoms with Gasteiger partial charge in [0.2, 0.25) is 0 Å². The molecule has 12 aromatic carbocycles. The smallest absolute Gasteiger partial charge is 0.143 e. The van der Waals surface area contributed by atoms with Gasteiger partial charge in [-0.05, 0) is 119 Å². The Labute approximate surface area is 382 Å². The highest BCUT2D eigenvalue weighted by atomic mass is 16.3. The monoisotopic (exact) mass is 839 g/mol. The molecule has 0 spiro atoms. The zero-order valence-corrected chi connectivity index (χ0v) is 36.0. The third kappa shape index (κ3) is 6.18. The number of hydrogen-bond acceptors (Lipinski definition) is 2. The molecule has 2 heteroatoms. The molecular formula is C64H41NO. The Balaban J connectivity index is 0.997. The molecule has 0 N–H and O–H groups in total. The second kappa shape index (κ2) is 15.5. The summed E-state index contributed by atoms with van der Waals surface area (Å²) in [5.41, 5.74) is 14.5. The summed E-state index contributed by atoms with van der Waals surface area (Å²) >= 11 is 0. The molecule has 1 aromatic heterocycles. The van der Waals surface area contributed by atoms with Crippen molar-refractivity contribution in [2.75, 3.05) is 4.90 Å². The normalized spacial score (nSPS) is 11.6. The molecule has 308 valence electrons. The van der Waals surface area contributed by atoms with Crippen molar-refractivity contribution in [2.45, 2.75) is 0 Å². The SMILES string of the molecule is c1ccc(-c2c(-c3ccccc3)c3cc(-c4ccc(N(c5cccc(-c6cccc7c6oc6ccccc67)c5)c5cc6ccccc6c6ccccc56)cc4)ccc3c3ccccc23)cc1. The number of benzene rings is 12. The van der Waals surface area contributed by atoms with Gasteiger partial charge in [-0.15, -0.1) is 0 Å². The van der Waals surface area contributed by atoms with Crippen molar-refractivity contribution >= 4 is 82.1 Å². The van der Waals surface area contributed by atoms with Crippen molar-refractivity contribution in [1.82, 2.24) is 0 Å². The number of nitrogens with zero attached hydrogens (tertiary/aromatic N) is 1. The van der Waals surface area contributed by atoms with Gasteiger partial charge in [0.05, 0.1) is 5.69 Å². The number of rotatable bonds is 7. The van der Waals surface area contributed by atoms with Gasteiger partial charge in [-0.2, -0.15) is 0 Å². The molecule has 0 aliphatic rings. The molecule has 0 aliphatic carbocycles. The lowest BCUT2D eigenvalue weighted by molar-refractivity contribution is 0.670. The lowest BCUT2D eigenvalue weighted by atomic mass is 9.84. The van der Waals surface area contributed by atoms with Crippen LogP contribution in [0.15, 0.2) is 253 Å². The van der Waals surface area contributed by atoms with Crippen molar-refractivity contribution in [1.29, 1.82) is 0 Å². The highest BCUT2D eigenvalue weighted by Gasteiger charge is 2.21. The van der Waals surface area contributed by atoms with E-state index in [-0.39, 0.29) is 0 Å². The molecule has 0 atom stereocenters. The molecule has 0 fully saturated rings. The Morgan fingerprint density at radius 3 is 1.58 bits per heavy atom. The van der Waals surface area contributed by atoms with Crippen LogP contribution in [0.25, 0.3) is 110 Å². The quantitative estimate of drug-likeness (QED) is 0.149. The average Bonchev–Trinajstić information content (AvgIpc) is 3.78. The summed E-state index contributed by atoms with van der Waals surface area (Å²) < 4.78 is 6.56. The molecule has 0 saturated heterocycles. The van der Waals surface area contributed by atoms with Crippen LogP contribution in [-0.4, -0.2) is 0 Å². The fraction of sp³-hybridized carbons (Fsp3) is 0. The average molecular weight is 840 g/mol. The molecule has 13 rings (SSSR count).